The molecule has 1 atom stereocenters. The first-order valence-electron chi connectivity index (χ1n) is 7.97. The zero-order valence-corrected chi connectivity index (χ0v) is 14.7. The van der Waals surface area contributed by atoms with Crippen LogP contribution >= 0.6 is 11.8 Å². The van der Waals surface area contributed by atoms with Crippen LogP contribution in [0, 0.1) is 6.92 Å². The summed E-state index contributed by atoms with van der Waals surface area (Å²) in [6.07, 6.45) is 1.59. The van der Waals surface area contributed by atoms with E-state index in [0.717, 1.165) is 21.5 Å². The van der Waals surface area contributed by atoms with Crippen LogP contribution in [-0.2, 0) is 0 Å². The van der Waals surface area contributed by atoms with Crippen molar-refractivity contribution in [3.05, 3.63) is 66.3 Å². The van der Waals surface area contributed by atoms with Crippen LogP contribution in [0.2, 0.25) is 0 Å². The van der Waals surface area contributed by atoms with Gasteiger partial charge in [-0.2, -0.15) is 0 Å². The van der Waals surface area contributed by atoms with Gasteiger partial charge in [0.2, 0.25) is 11.8 Å². The Morgan fingerprint density at radius 2 is 1.76 bits per heavy atom. The molecule has 0 radical (unpaired) electrons. The smallest absolute Gasteiger partial charge is 0.247 e. The Balaban J connectivity index is 1.59. The van der Waals surface area contributed by atoms with E-state index in [2.05, 4.69) is 20.2 Å². The van der Waals surface area contributed by atoms with E-state index in [1.165, 1.54) is 5.56 Å². The largest absolute Gasteiger partial charge is 0.419 e. The van der Waals surface area contributed by atoms with Gasteiger partial charge in [0.05, 0.1) is 10.8 Å². The summed E-state index contributed by atoms with van der Waals surface area (Å²) in [5.74, 6) is 1.12. The van der Waals surface area contributed by atoms with Gasteiger partial charge in [-0.25, -0.2) is 9.97 Å². The lowest BCUT2D eigenvalue weighted by molar-refractivity contribution is 0.509. The maximum atomic E-state index is 5.87. The molecule has 4 rings (SSSR count). The van der Waals surface area contributed by atoms with Gasteiger partial charge in [-0.1, -0.05) is 47.7 Å². The van der Waals surface area contributed by atoms with Gasteiger partial charge in [-0.15, -0.1) is 10.2 Å². The highest BCUT2D eigenvalue weighted by Crippen LogP contribution is 2.36. The summed E-state index contributed by atoms with van der Waals surface area (Å²) < 4.78 is 5.87. The fourth-order valence-electron chi connectivity index (χ4n) is 2.50. The lowest BCUT2D eigenvalue weighted by Crippen LogP contribution is -1.92. The third-order valence-electron chi connectivity index (χ3n) is 3.88. The second-order valence-electron chi connectivity index (χ2n) is 5.77. The maximum Gasteiger partial charge on any atom is 0.247 e. The van der Waals surface area contributed by atoms with Crippen LogP contribution in [0.4, 0.5) is 0 Å². The number of nitrogens with zero attached hydrogens (tertiary/aromatic N) is 4. The third-order valence-corrected chi connectivity index (χ3v) is 4.99. The number of rotatable bonds is 4. The first-order valence-corrected chi connectivity index (χ1v) is 8.85. The van der Waals surface area contributed by atoms with Crippen molar-refractivity contribution in [2.75, 3.05) is 0 Å². The zero-order chi connectivity index (χ0) is 17.2. The van der Waals surface area contributed by atoms with Crippen molar-refractivity contribution in [2.45, 2.75) is 24.1 Å². The zero-order valence-electron chi connectivity index (χ0n) is 13.9. The molecule has 0 aliphatic rings. The molecule has 0 aliphatic heterocycles. The number of para-hydroxylation sites is 1. The molecule has 4 aromatic rings. The van der Waals surface area contributed by atoms with Gasteiger partial charge in [-0.05, 0) is 32.0 Å². The molecule has 0 saturated heterocycles. The van der Waals surface area contributed by atoms with Crippen molar-refractivity contribution < 1.29 is 4.42 Å². The van der Waals surface area contributed by atoms with Crippen LogP contribution in [0.1, 0.15) is 23.6 Å². The highest BCUT2D eigenvalue weighted by Gasteiger charge is 2.18. The van der Waals surface area contributed by atoms with Gasteiger partial charge in [0.25, 0.3) is 0 Å². The van der Waals surface area contributed by atoms with Gasteiger partial charge in [0.15, 0.2) is 0 Å². The summed E-state index contributed by atoms with van der Waals surface area (Å²) in [5, 5.41) is 10.3. The average Bonchev–Trinajstić information content (AvgIpc) is 3.13. The van der Waals surface area contributed by atoms with Crippen LogP contribution in [0.5, 0.6) is 0 Å². The Hall–Kier alpha value is -2.73. The number of aromatic nitrogens is 4. The fourth-order valence-corrected chi connectivity index (χ4v) is 3.44. The Morgan fingerprint density at radius 1 is 0.960 bits per heavy atom. The standard InChI is InChI=1S/C19H16N4OS/c1-12-7-9-14(10-8-12)18-23-22-17(24-18)13(2)25-19-15-5-3-4-6-16(15)20-11-21-19/h3-11,13H,1-2H3/t13-/m0/s1. The molecule has 0 saturated carbocycles. The Morgan fingerprint density at radius 3 is 2.60 bits per heavy atom. The molecule has 6 heteroatoms. The lowest BCUT2D eigenvalue weighted by Gasteiger charge is -2.08. The summed E-state index contributed by atoms with van der Waals surface area (Å²) in [6.45, 7) is 4.09. The normalized spacial score (nSPS) is 12.4. The van der Waals surface area contributed by atoms with Gasteiger partial charge in [-0.3, -0.25) is 0 Å². The van der Waals surface area contributed by atoms with Crippen LogP contribution in [0.15, 0.2) is 64.3 Å². The second-order valence-corrected chi connectivity index (χ2v) is 7.10. The Bertz CT molecular complexity index is 1010. The summed E-state index contributed by atoms with van der Waals surface area (Å²) in [7, 11) is 0. The quantitative estimate of drug-likeness (QED) is 0.388. The number of thioether (sulfide) groups is 1. The lowest BCUT2D eigenvalue weighted by atomic mass is 10.1. The van der Waals surface area contributed by atoms with E-state index in [0.29, 0.717) is 11.8 Å². The van der Waals surface area contributed by atoms with Gasteiger partial charge in [0.1, 0.15) is 11.4 Å². The average molecular weight is 348 g/mol. The van der Waals surface area contributed by atoms with Crippen LogP contribution in [-0.4, -0.2) is 20.2 Å². The highest BCUT2D eigenvalue weighted by atomic mass is 32.2. The summed E-state index contributed by atoms with van der Waals surface area (Å²) >= 11 is 1.59. The summed E-state index contributed by atoms with van der Waals surface area (Å²) in [5.41, 5.74) is 3.05. The van der Waals surface area contributed by atoms with E-state index in [4.69, 9.17) is 4.42 Å². The first-order chi connectivity index (χ1) is 12.2. The molecule has 0 N–H and O–H groups in total. The Kier molecular flexibility index (Phi) is 4.19. The van der Waals surface area contributed by atoms with E-state index in [-0.39, 0.29) is 5.25 Å². The predicted octanol–water partition coefficient (Wildman–Crippen LogP) is 4.84. The van der Waals surface area contributed by atoms with Crippen LogP contribution < -0.4 is 0 Å². The number of benzene rings is 2. The molecule has 5 nitrogen and oxygen atoms in total. The van der Waals surface area contributed by atoms with Crippen molar-refractivity contribution >= 4 is 22.7 Å². The highest BCUT2D eigenvalue weighted by molar-refractivity contribution is 7.99. The van der Waals surface area contributed by atoms with E-state index in [1.807, 2.05) is 62.4 Å². The minimum Gasteiger partial charge on any atom is -0.419 e. The molecule has 2 aromatic heterocycles. The molecule has 124 valence electrons. The predicted molar refractivity (Wildman–Crippen MR) is 98.3 cm³/mol. The molecule has 0 aliphatic carbocycles. The Labute approximate surface area is 149 Å². The van der Waals surface area contributed by atoms with Crippen molar-refractivity contribution in [3.63, 3.8) is 0 Å². The summed E-state index contributed by atoms with van der Waals surface area (Å²) in [6, 6.07) is 16.0. The third kappa shape index (κ3) is 3.25. The van der Waals surface area contributed by atoms with Gasteiger partial charge in [0, 0.05) is 10.9 Å². The van der Waals surface area contributed by atoms with Crippen molar-refractivity contribution in [3.8, 4) is 11.5 Å². The number of hydrogen-bond donors (Lipinski definition) is 0. The number of hydrogen-bond acceptors (Lipinski definition) is 6. The molecule has 0 fully saturated rings. The van der Waals surface area contributed by atoms with Crippen LogP contribution in [0.25, 0.3) is 22.4 Å². The fraction of sp³-hybridized carbons (Fsp3) is 0.158. The molecule has 2 heterocycles. The van der Waals surface area contributed by atoms with E-state index in [9.17, 15) is 0 Å². The minimum atomic E-state index is -0.00926. The van der Waals surface area contributed by atoms with Crippen molar-refractivity contribution in [1.82, 2.24) is 20.2 Å². The van der Waals surface area contributed by atoms with Gasteiger partial charge < -0.3 is 4.42 Å². The maximum absolute atomic E-state index is 5.87. The van der Waals surface area contributed by atoms with Gasteiger partial charge >= 0.3 is 0 Å². The van der Waals surface area contributed by atoms with E-state index in [1.54, 1.807) is 18.1 Å². The molecule has 0 amide bonds. The molecular weight excluding hydrogens is 332 g/mol. The number of fused-ring (bicyclic) bond motifs is 1. The van der Waals surface area contributed by atoms with E-state index >= 15 is 0 Å². The first kappa shape index (κ1) is 15.8. The topological polar surface area (TPSA) is 64.7 Å². The molecule has 0 bridgehead atoms. The molecular formula is C19H16N4OS. The molecule has 0 unspecified atom stereocenters. The monoisotopic (exact) mass is 348 g/mol. The molecule has 0 spiro atoms. The van der Waals surface area contributed by atoms with Crippen molar-refractivity contribution in [1.29, 1.82) is 0 Å². The SMILES string of the molecule is Cc1ccc(-c2nnc([C@H](C)Sc3ncnc4ccccc34)o2)cc1. The molecule has 2 aromatic carbocycles. The second kappa shape index (κ2) is 6.64. The summed E-state index contributed by atoms with van der Waals surface area (Å²) in [4.78, 5) is 8.71. The van der Waals surface area contributed by atoms with Crippen molar-refractivity contribution in [2.24, 2.45) is 0 Å². The van der Waals surface area contributed by atoms with E-state index < -0.39 is 0 Å². The van der Waals surface area contributed by atoms with Crippen LogP contribution in [0.3, 0.4) is 0 Å². The number of aryl methyl sites for hydroxylation is 1. The minimum absolute atomic E-state index is 0.00926. The molecule has 25 heavy (non-hydrogen) atoms.